The summed E-state index contributed by atoms with van der Waals surface area (Å²) < 4.78 is 10.6. The lowest BCUT2D eigenvalue weighted by molar-refractivity contribution is 0.208. The molecule has 3 saturated carbocycles. The Kier molecular flexibility index (Phi) is 5.58. The van der Waals surface area contributed by atoms with Gasteiger partial charge in [-0.1, -0.05) is 18.0 Å². The molecule has 3 aliphatic rings. The first-order chi connectivity index (χ1) is 14.3. The minimum absolute atomic E-state index is 0.658. The van der Waals surface area contributed by atoms with Crippen molar-refractivity contribution >= 4 is 0 Å². The summed E-state index contributed by atoms with van der Waals surface area (Å²) in [5.41, 5.74) is 0.959. The molecule has 0 unspecified atom stereocenters. The zero-order chi connectivity index (χ0) is 19.6. The minimum atomic E-state index is 0.658. The van der Waals surface area contributed by atoms with Crippen LogP contribution in [0.5, 0.6) is 5.75 Å². The van der Waals surface area contributed by atoms with Crippen molar-refractivity contribution in [3.8, 4) is 17.1 Å². The molecule has 29 heavy (non-hydrogen) atoms. The van der Waals surface area contributed by atoms with Gasteiger partial charge in [-0.2, -0.15) is 4.98 Å². The van der Waals surface area contributed by atoms with E-state index in [-0.39, 0.29) is 0 Å². The van der Waals surface area contributed by atoms with E-state index in [9.17, 15) is 0 Å². The molecule has 0 spiro atoms. The number of nitrogens with zero attached hydrogens (tertiary/aromatic N) is 2. The molecular weight excluding hydrogens is 362 g/mol. The van der Waals surface area contributed by atoms with Gasteiger partial charge in [0.2, 0.25) is 11.7 Å². The first-order valence-corrected chi connectivity index (χ1v) is 11.5. The zero-order valence-corrected chi connectivity index (χ0v) is 17.5. The van der Waals surface area contributed by atoms with Gasteiger partial charge in [0, 0.05) is 18.0 Å². The highest BCUT2D eigenvalue weighted by atomic mass is 16.5. The molecule has 1 aromatic heterocycles. The van der Waals surface area contributed by atoms with Crippen LogP contribution in [0.25, 0.3) is 11.4 Å². The van der Waals surface area contributed by atoms with Crippen molar-refractivity contribution < 1.29 is 9.26 Å². The average Bonchev–Trinajstić information content (AvgIpc) is 3.53. The molecule has 156 valence electrons. The fraction of sp³-hybridized carbons (Fsp3) is 0.667. The number of fused-ring (bicyclic) bond motifs is 5. The SMILES string of the molecule is COc1ccc(-c2noc(CCCCCN[C@@H]3C[C@H]4C[C@H]3[C@H]3CCC[C@H]43)n2)cc1. The standard InChI is InChI=1S/C24H33N3O2/c1-28-18-11-9-16(10-12-18)24-26-23(29-27-24)8-3-2-4-13-25-22-15-17-14-21(22)20-7-5-6-19(17)20/h9-12,17,19-22,25H,2-8,13-15H2,1H3/t17-,19-,20+,21+,22-/m1/s1. The molecule has 5 rings (SSSR count). The summed E-state index contributed by atoms with van der Waals surface area (Å²) in [7, 11) is 1.67. The molecule has 0 aliphatic heterocycles. The fourth-order valence-corrected chi connectivity index (χ4v) is 6.38. The maximum Gasteiger partial charge on any atom is 0.226 e. The number of ether oxygens (including phenoxy) is 1. The van der Waals surface area contributed by atoms with Crippen LogP contribution >= 0.6 is 0 Å². The second-order valence-corrected chi connectivity index (χ2v) is 9.27. The van der Waals surface area contributed by atoms with Crippen molar-refractivity contribution in [3.05, 3.63) is 30.2 Å². The lowest BCUT2D eigenvalue weighted by Gasteiger charge is -2.32. The van der Waals surface area contributed by atoms with Crippen LogP contribution in [0.4, 0.5) is 0 Å². The van der Waals surface area contributed by atoms with Crippen molar-refractivity contribution in [2.24, 2.45) is 23.7 Å². The van der Waals surface area contributed by atoms with E-state index in [4.69, 9.17) is 9.26 Å². The summed E-state index contributed by atoms with van der Waals surface area (Å²) in [6.07, 6.45) is 11.9. The molecule has 0 radical (unpaired) electrons. The molecule has 0 amide bonds. The summed E-state index contributed by atoms with van der Waals surface area (Å²) in [6.45, 7) is 1.16. The van der Waals surface area contributed by atoms with E-state index in [1.807, 2.05) is 24.3 Å². The van der Waals surface area contributed by atoms with Gasteiger partial charge in [0.25, 0.3) is 0 Å². The Morgan fingerprint density at radius 2 is 1.90 bits per heavy atom. The predicted molar refractivity (Wildman–Crippen MR) is 113 cm³/mol. The maximum atomic E-state index is 5.43. The molecule has 1 heterocycles. The molecule has 5 heteroatoms. The quantitative estimate of drug-likeness (QED) is 0.614. The van der Waals surface area contributed by atoms with Crippen LogP contribution in [0.2, 0.25) is 0 Å². The van der Waals surface area contributed by atoms with Crippen molar-refractivity contribution in [2.45, 2.75) is 63.8 Å². The second-order valence-electron chi connectivity index (χ2n) is 9.27. The zero-order valence-electron chi connectivity index (χ0n) is 17.5. The Hall–Kier alpha value is -1.88. The smallest absolute Gasteiger partial charge is 0.226 e. The van der Waals surface area contributed by atoms with E-state index < -0.39 is 0 Å². The number of benzene rings is 1. The maximum absolute atomic E-state index is 5.43. The molecule has 3 fully saturated rings. The van der Waals surface area contributed by atoms with Crippen LogP contribution in [0.15, 0.2) is 28.8 Å². The third-order valence-electron chi connectivity index (χ3n) is 7.72. The first kappa shape index (κ1) is 19.1. The Bertz CT molecular complexity index is 803. The molecule has 1 aromatic carbocycles. The van der Waals surface area contributed by atoms with E-state index in [2.05, 4.69) is 15.5 Å². The molecule has 2 bridgehead atoms. The Morgan fingerprint density at radius 3 is 2.76 bits per heavy atom. The monoisotopic (exact) mass is 395 g/mol. The van der Waals surface area contributed by atoms with Crippen molar-refractivity contribution in [1.82, 2.24) is 15.5 Å². The average molecular weight is 396 g/mol. The van der Waals surface area contributed by atoms with Crippen LogP contribution in [-0.2, 0) is 6.42 Å². The van der Waals surface area contributed by atoms with E-state index in [0.29, 0.717) is 5.82 Å². The van der Waals surface area contributed by atoms with E-state index >= 15 is 0 Å². The molecule has 5 atom stereocenters. The number of unbranched alkanes of at least 4 members (excludes halogenated alkanes) is 2. The lowest BCUT2D eigenvalue weighted by atomic mass is 9.79. The Morgan fingerprint density at radius 1 is 1.03 bits per heavy atom. The summed E-state index contributed by atoms with van der Waals surface area (Å²) in [5, 5.41) is 8.02. The molecule has 3 aliphatic carbocycles. The Labute approximate surface area is 173 Å². The van der Waals surface area contributed by atoms with Gasteiger partial charge < -0.3 is 14.6 Å². The number of rotatable bonds is 9. The van der Waals surface area contributed by atoms with E-state index in [0.717, 1.165) is 66.3 Å². The van der Waals surface area contributed by atoms with Crippen LogP contribution in [0, 0.1) is 23.7 Å². The molecular formula is C24H33N3O2. The molecule has 1 N–H and O–H groups in total. The third-order valence-corrected chi connectivity index (χ3v) is 7.72. The van der Waals surface area contributed by atoms with Crippen LogP contribution < -0.4 is 10.1 Å². The molecule has 5 nitrogen and oxygen atoms in total. The lowest BCUT2D eigenvalue weighted by Crippen LogP contribution is -2.39. The van der Waals surface area contributed by atoms with Crippen LogP contribution in [0.3, 0.4) is 0 Å². The second kappa shape index (κ2) is 8.47. The van der Waals surface area contributed by atoms with Crippen LogP contribution in [-0.4, -0.2) is 29.8 Å². The van der Waals surface area contributed by atoms with Gasteiger partial charge in [0.15, 0.2) is 0 Å². The van der Waals surface area contributed by atoms with Gasteiger partial charge in [0.1, 0.15) is 5.75 Å². The van der Waals surface area contributed by atoms with Gasteiger partial charge in [-0.05, 0) is 93.0 Å². The van der Waals surface area contributed by atoms with Crippen molar-refractivity contribution in [1.29, 1.82) is 0 Å². The van der Waals surface area contributed by atoms with Crippen molar-refractivity contribution in [3.63, 3.8) is 0 Å². The first-order valence-electron chi connectivity index (χ1n) is 11.5. The summed E-state index contributed by atoms with van der Waals surface area (Å²) >= 11 is 0. The van der Waals surface area contributed by atoms with Gasteiger partial charge in [-0.3, -0.25) is 0 Å². The van der Waals surface area contributed by atoms with E-state index in [1.165, 1.54) is 44.9 Å². The van der Waals surface area contributed by atoms with Crippen LogP contribution in [0.1, 0.15) is 57.3 Å². The van der Waals surface area contributed by atoms with E-state index in [1.54, 1.807) is 7.11 Å². The van der Waals surface area contributed by atoms with Gasteiger partial charge in [-0.25, -0.2) is 0 Å². The van der Waals surface area contributed by atoms with Gasteiger partial charge >= 0.3 is 0 Å². The minimum Gasteiger partial charge on any atom is -0.497 e. The number of methoxy groups -OCH3 is 1. The number of nitrogens with one attached hydrogen (secondary N) is 1. The number of hydrogen-bond acceptors (Lipinski definition) is 5. The number of aryl methyl sites for hydroxylation is 1. The summed E-state index contributed by atoms with van der Waals surface area (Å²) in [4.78, 5) is 4.54. The highest BCUT2D eigenvalue weighted by molar-refractivity contribution is 5.55. The summed E-state index contributed by atoms with van der Waals surface area (Å²) in [5.74, 6) is 6.41. The highest BCUT2D eigenvalue weighted by Gasteiger charge is 2.53. The normalized spacial score (nSPS) is 30.0. The Balaban J connectivity index is 1.00. The largest absolute Gasteiger partial charge is 0.497 e. The van der Waals surface area contributed by atoms with Gasteiger partial charge in [0.05, 0.1) is 7.11 Å². The van der Waals surface area contributed by atoms with Crippen molar-refractivity contribution in [2.75, 3.05) is 13.7 Å². The number of aromatic nitrogens is 2. The highest BCUT2D eigenvalue weighted by Crippen LogP contribution is 2.58. The fourth-order valence-electron chi connectivity index (χ4n) is 6.38. The van der Waals surface area contributed by atoms with Gasteiger partial charge in [-0.15, -0.1) is 0 Å². The predicted octanol–water partition coefficient (Wildman–Crippen LogP) is 4.87. The molecule has 2 aromatic rings. The number of hydrogen-bond donors (Lipinski definition) is 1. The molecule has 0 saturated heterocycles. The third kappa shape index (κ3) is 3.94. The summed E-state index contributed by atoms with van der Waals surface area (Å²) in [6, 6.07) is 8.57. The topological polar surface area (TPSA) is 60.2 Å².